The summed E-state index contributed by atoms with van der Waals surface area (Å²) in [5.41, 5.74) is 0.417. The number of halogens is 3. The maximum absolute atomic E-state index is 12.9. The number of alkyl halides is 3. The minimum absolute atomic E-state index is 0.0186. The zero-order valence-corrected chi connectivity index (χ0v) is 13.6. The summed E-state index contributed by atoms with van der Waals surface area (Å²) in [4.78, 5) is 16.2. The minimum atomic E-state index is -4.34. The molecule has 1 aliphatic carbocycles. The van der Waals surface area contributed by atoms with Gasteiger partial charge in [-0.25, -0.2) is 0 Å². The Kier molecular flexibility index (Phi) is 5.06. The van der Waals surface area contributed by atoms with Crippen LogP contribution >= 0.6 is 0 Å². The van der Waals surface area contributed by atoms with E-state index in [1.807, 2.05) is 0 Å². The van der Waals surface area contributed by atoms with E-state index in [9.17, 15) is 18.0 Å². The minimum Gasteiger partial charge on any atom is -0.348 e. The van der Waals surface area contributed by atoms with E-state index < -0.39 is 11.7 Å². The molecule has 2 atom stereocenters. The van der Waals surface area contributed by atoms with Crippen LogP contribution in [-0.4, -0.2) is 16.9 Å². The lowest BCUT2D eigenvalue weighted by atomic mass is 9.81. The fourth-order valence-corrected chi connectivity index (χ4v) is 3.35. The average Bonchev–Trinajstić information content (AvgIpc) is 2.62. The molecular weight excluding hydrogens is 329 g/mol. The molecule has 1 aromatic heterocycles. The van der Waals surface area contributed by atoms with Gasteiger partial charge in [0.15, 0.2) is 0 Å². The van der Waals surface area contributed by atoms with Crippen molar-refractivity contribution in [2.75, 3.05) is 0 Å². The van der Waals surface area contributed by atoms with Crippen LogP contribution in [0.2, 0.25) is 0 Å². The molecule has 0 unspecified atom stereocenters. The van der Waals surface area contributed by atoms with Crippen LogP contribution in [0.1, 0.15) is 53.2 Å². The Morgan fingerprint density at radius 1 is 1.12 bits per heavy atom. The number of carbonyl (C=O) groups excluding carboxylic acids is 1. The molecule has 1 amide bonds. The van der Waals surface area contributed by atoms with Crippen LogP contribution in [0.15, 0.2) is 48.7 Å². The third-order valence-electron chi connectivity index (χ3n) is 4.59. The lowest BCUT2D eigenvalue weighted by molar-refractivity contribution is -0.137. The summed E-state index contributed by atoms with van der Waals surface area (Å²) in [5.74, 6) is -0.222. The topological polar surface area (TPSA) is 42.0 Å². The molecule has 0 spiro atoms. The molecule has 1 aromatic carbocycles. The van der Waals surface area contributed by atoms with Crippen LogP contribution in [0.25, 0.3) is 0 Å². The number of amides is 1. The number of rotatable bonds is 3. The number of hydrogen-bond donors (Lipinski definition) is 1. The van der Waals surface area contributed by atoms with Gasteiger partial charge >= 0.3 is 6.18 Å². The molecule has 3 nitrogen and oxygen atoms in total. The van der Waals surface area contributed by atoms with E-state index in [2.05, 4.69) is 10.3 Å². The summed E-state index contributed by atoms with van der Waals surface area (Å²) in [7, 11) is 0. The Labute approximate surface area is 144 Å². The maximum Gasteiger partial charge on any atom is 0.416 e. The van der Waals surface area contributed by atoms with Crippen molar-refractivity contribution in [3.63, 3.8) is 0 Å². The second-order valence-electron chi connectivity index (χ2n) is 6.37. The third-order valence-corrected chi connectivity index (χ3v) is 4.59. The Balaban J connectivity index is 1.68. The van der Waals surface area contributed by atoms with Crippen LogP contribution in [0.4, 0.5) is 13.2 Å². The van der Waals surface area contributed by atoms with Gasteiger partial charge in [0.1, 0.15) is 5.69 Å². The van der Waals surface area contributed by atoms with E-state index in [1.54, 1.807) is 30.5 Å². The molecular formula is C19H19F3N2O. The predicted octanol–water partition coefficient (Wildman–Crippen LogP) is 4.56. The molecule has 6 heteroatoms. The van der Waals surface area contributed by atoms with Crippen LogP contribution < -0.4 is 5.32 Å². The van der Waals surface area contributed by atoms with Gasteiger partial charge in [0, 0.05) is 12.2 Å². The van der Waals surface area contributed by atoms with Gasteiger partial charge in [-0.05, 0) is 48.9 Å². The average molecular weight is 348 g/mol. The highest BCUT2D eigenvalue weighted by Crippen LogP contribution is 2.36. The van der Waals surface area contributed by atoms with Crippen molar-refractivity contribution < 1.29 is 18.0 Å². The summed E-state index contributed by atoms with van der Waals surface area (Å²) in [5, 5.41) is 2.96. The van der Waals surface area contributed by atoms with Crippen molar-refractivity contribution >= 4 is 5.91 Å². The number of hydrogen-bond acceptors (Lipinski definition) is 2. The molecule has 0 bridgehead atoms. The Hall–Kier alpha value is -2.37. The van der Waals surface area contributed by atoms with Gasteiger partial charge in [0.2, 0.25) is 0 Å². The molecule has 3 rings (SSSR count). The van der Waals surface area contributed by atoms with Gasteiger partial charge in [-0.2, -0.15) is 13.2 Å². The van der Waals surface area contributed by atoms with Crippen molar-refractivity contribution in [1.29, 1.82) is 0 Å². The molecule has 2 aromatic rings. The molecule has 0 saturated heterocycles. The van der Waals surface area contributed by atoms with Gasteiger partial charge in [-0.1, -0.05) is 30.7 Å². The van der Waals surface area contributed by atoms with Gasteiger partial charge in [-0.15, -0.1) is 0 Å². The summed E-state index contributed by atoms with van der Waals surface area (Å²) < 4.78 is 38.7. The Morgan fingerprint density at radius 3 is 2.68 bits per heavy atom. The summed E-state index contributed by atoms with van der Waals surface area (Å²) in [6, 6.07) is 10.6. The van der Waals surface area contributed by atoms with Gasteiger partial charge < -0.3 is 5.32 Å². The van der Waals surface area contributed by atoms with Crippen molar-refractivity contribution in [3.05, 3.63) is 65.5 Å². The SMILES string of the molecule is O=C(N[C@@H]1CCC[C@H](c2cccc(C(F)(F)F)c2)C1)c1ccccn1. The van der Waals surface area contributed by atoms with Gasteiger partial charge in [0.25, 0.3) is 5.91 Å². The van der Waals surface area contributed by atoms with Crippen molar-refractivity contribution in [2.24, 2.45) is 0 Å². The monoisotopic (exact) mass is 348 g/mol. The quantitative estimate of drug-likeness (QED) is 0.884. The van der Waals surface area contributed by atoms with Crippen molar-refractivity contribution in [1.82, 2.24) is 10.3 Å². The standard InChI is InChI=1S/C19H19F3N2O/c20-19(21,22)15-7-3-5-13(11-15)14-6-4-8-16(12-14)24-18(25)17-9-1-2-10-23-17/h1-3,5,7,9-11,14,16H,4,6,8,12H2,(H,24,25)/t14-,16+/m0/s1. The maximum atomic E-state index is 12.9. The largest absolute Gasteiger partial charge is 0.416 e. The van der Waals surface area contributed by atoms with Crippen LogP contribution in [-0.2, 0) is 6.18 Å². The molecule has 0 radical (unpaired) electrons. The van der Waals surface area contributed by atoms with Gasteiger partial charge in [-0.3, -0.25) is 9.78 Å². The first-order chi connectivity index (χ1) is 11.9. The van der Waals surface area contributed by atoms with Crippen LogP contribution in [0.3, 0.4) is 0 Å². The normalized spacial score (nSPS) is 20.9. The Morgan fingerprint density at radius 2 is 1.96 bits per heavy atom. The first kappa shape index (κ1) is 17.5. The van der Waals surface area contributed by atoms with E-state index in [-0.39, 0.29) is 17.9 Å². The molecule has 1 fully saturated rings. The molecule has 0 aliphatic heterocycles. The van der Waals surface area contributed by atoms with E-state index in [0.717, 1.165) is 25.3 Å². The highest BCUT2D eigenvalue weighted by Gasteiger charge is 2.32. The third kappa shape index (κ3) is 4.38. The number of aromatic nitrogens is 1. The lowest BCUT2D eigenvalue weighted by Crippen LogP contribution is -2.38. The van der Waals surface area contributed by atoms with Crippen molar-refractivity contribution in [2.45, 2.75) is 43.8 Å². The second kappa shape index (κ2) is 7.25. The van der Waals surface area contributed by atoms with Crippen molar-refractivity contribution in [3.8, 4) is 0 Å². The van der Waals surface area contributed by atoms with Crippen LogP contribution in [0, 0.1) is 0 Å². The number of pyridine rings is 1. The number of benzene rings is 1. The molecule has 1 heterocycles. The Bertz CT molecular complexity index is 731. The first-order valence-electron chi connectivity index (χ1n) is 8.32. The van der Waals surface area contributed by atoms with E-state index in [0.29, 0.717) is 17.7 Å². The fraction of sp³-hybridized carbons (Fsp3) is 0.368. The number of nitrogens with one attached hydrogen (secondary N) is 1. The summed E-state index contributed by atoms with van der Waals surface area (Å²) in [6.45, 7) is 0. The molecule has 1 saturated carbocycles. The smallest absolute Gasteiger partial charge is 0.348 e. The lowest BCUT2D eigenvalue weighted by Gasteiger charge is -2.30. The van der Waals surface area contributed by atoms with E-state index >= 15 is 0 Å². The highest BCUT2D eigenvalue weighted by atomic mass is 19.4. The molecule has 1 N–H and O–H groups in total. The summed E-state index contributed by atoms with van der Waals surface area (Å²) in [6.07, 6.45) is 0.387. The van der Waals surface area contributed by atoms with E-state index in [4.69, 9.17) is 0 Å². The predicted molar refractivity (Wildman–Crippen MR) is 88.1 cm³/mol. The van der Waals surface area contributed by atoms with Crippen LogP contribution in [0.5, 0.6) is 0 Å². The van der Waals surface area contributed by atoms with E-state index in [1.165, 1.54) is 12.1 Å². The number of carbonyl (C=O) groups is 1. The number of nitrogens with zero attached hydrogens (tertiary/aromatic N) is 1. The zero-order valence-electron chi connectivity index (χ0n) is 13.6. The zero-order chi connectivity index (χ0) is 17.9. The fourth-order valence-electron chi connectivity index (χ4n) is 3.35. The first-order valence-corrected chi connectivity index (χ1v) is 8.32. The second-order valence-corrected chi connectivity index (χ2v) is 6.37. The molecule has 1 aliphatic rings. The highest BCUT2D eigenvalue weighted by molar-refractivity contribution is 5.92. The summed E-state index contributed by atoms with van der Waals surface area (Å²) >= 11 is 0. The molecule has 132 valence electrons. The molecule has 25 heavy (non-hydrogen) atoms. The van der Waals surface area contributed by atoms with Gasteiger partial charge in [0.05, 0.1) is 5.56 Å².